The molecule has 1 spiro atoms. The molecule has 0 bridgehead atoms. The zero-order chi connectivity index (χ0) is 20.8. The molecular weight excluding hydrogens is 388 g/mol. The number of ether oxygens (including phenoxy) is 3. The van der Waals surface area contributed by atoms with E-state index in [0.717, 1.165) is 43.3 Å². The van der Waals surface area contributed by atoms with Gasteiger partial charge in [0.15, 0.2) is 0 Å². The fourth-order valence-corrected chi connectivity index (χ4v) is 5.22. The molecule has 3 aliphatic heterocycles. The van der Waals surface area contributed by atoms with E-state index in [-0.39, 0.29) is 11.5 Å². The van der Waals surface area contributed by atoms with Crippen molar-refractivity contribution in [3.63, 3.8) is 0 Å². The maximum atomic E-state index is 6.23. The number of hydrogen-bond donors (Lipinski definition) is 0. The third-order valence-electron chi connectivity index (χ3n) is 6.72. The molecule has 0 amide bonds. The lowest BCUT2D eigenvalue weighted by Crippen LogP contribution is -2.39. The van der Waals surface area contributed by atoms with E-state index in [1.807, 2.05) is 24.4 Å². The largest absolute Gasteiger partial charge is 0.493 e. The minimum Gasteiger partial charge on any atom is -0.493 e. The van der Waals surface area contributed by atoms with Crippen molar-refractivity contribution < 1.29 is 14.2 Å². The number of aromatic nitrogens is 1. The standard InChI is InChI=1S/C26H26N2O3/c1-18(30-15-20-6-4-5-10-27-20)14-28-16-26(21-7-2-3-8-23(21)28)17-31-25-13-24-19(9-11-29-24)12-22(25)26/h2-8,10,12-13,18H,9,11,14-17H2,1H3/t18-,26?/m0/s1. The van der Waals surface area contributed by atoms with Gasteiger partial charge in [-0.15, -0.1) is 0 Å². The summed E-state index contributed by atoms with van der Waals surface area (Å²) in [7, 11) is 0. The van der Waals surface area contributed by atoms with Gasteiger partial charge in [-0.25, -0.2) is 0 Å². The van der Waals surface area contributed by atoms with Gasteiger partial charge in [-0.3, -0.25) is 4.98 Å². The molecule has 0 saturated carbocycles. The molecule has 5 nitrogen and oxygen atoms in total. The number of hydrogen-bond acceptors (Lipinski definition) is 5. The van der Waals surface area contributed by atoms with Crippen LogP contribution in [0.25, 0.3) is 0 Å². The van der Waals surface area contributed by atoms with Crippen molar-refractivity contribution in [2.75, 3.05) is 31.2 Å². The second-order valence-electron chi connectivity index (χ2n) is 8.77. The van der Waals surface area contributed by atoms with E-state index in [2.05, 4.69) is 53.2 Å². The Hall–Kier alpha value is -3.05. The van der Waals surface area contributed by atoms with Crippen LogP contribution in [0.4, 0.5) is 5.69 Å². The minimum atomic E-state index is -0.135. The van der Waals surface area contributed by atoms with E-state index in [1.54, 1.807) is 0 Å². The predicted octanol–water partition coefficient (Wildman–Crippen LogP) is 4.12. The lowest BCUT2D eigenvalue weighted by molar-refractivity contribution is 0.0554. The average molecular weight is 415 g/mol. The summed E-state index contributed by atoms with van der Waals surface area (Å²) in [5.74, 6) is 1.95. The fraction of sp³-hybridized carbons (Fsp3) is 0.346. The maximum Gasteiger partial charge on any atom is 0.127 e. The highest BCUT2D eigenvalue weighted by molar-refractivity contribution is 5.70. The Kier molecular flexibility index (Phi) is 4.39. The molecule has 0 fully saturated rings. The Labute approximate surface area is 182 Å². The van der Waals surface area contributed by atoms with Crippen LogP contribution in [0.1, 0.15) is 29.3 Å². The Bertz CT molecular complexity index is 1120. The summed E-state index contributed by atoms with van der Waals surface area (Å²) < 4.78 is 18.1. The van der Waals surface area contributed by atoms with Crippen LogP contribution in [0.15, 0.2) is 60.8 Å². The van der Waals surface area contributed by atoms with Gasteiger partial charge in [0.25, 0.3) is 0 Å². The number of benzene rings is 2. The van der Waals surface area contributed by atoms with Crippen LogP contribution in [0.3, 0.4) is 0 Å². The van der Waals surface area contributed by atoms with Crippen molar-refractivity contribution in [2.24, 2.45) is 0 Å². The Morgan fingerprint density at radius 1 is 1.06 bits per heavy atom. The van der Waals surface area contributed by atoms with E-state index in [1.165, 1.54) is 22.4 Å². The van der Waals surface area contributed by atoms with E-state index >= 15 is 0 Å². The molecule has 4 heterocycles. The van der Waals surface area contributed by atoms with E-state index in [9.17, 15) is 0 Å². The number of pyridine rings is 1. The fourth-order valence-electron chi connectivity index (χ4n) is 5.22. The van der Waals surface area contributed by atoms with Gasteiger partial charge in [0.05, 0.1) is 30.4 Å². The van der Waals surface area contributed by atoms with Crippen LogP contribution in [0, 0.1) is 0 Å². The zero-order valence-corrected chi connectivity index (χ0v) is 17.7. The minimum absolute atomic E-state index is 0.0837. The Morgan fingerprint density at radius 3 is 2.87 bits per heavy atom. The molecule has 2 aromatic carbocycles. The molecule has 31 heavy (non-hydrogen) atoms. The summed E-state index contributed by atoms with van der Waals surface area (Å²) in [6.45, 7) is 5.83. The van der Waals surface area contributed by atoms with Gasteiger partial charge in [-0.2, -0.15) is 0 Å². The molecule has 2 atom stereocenters. The lowest BCUT2D eigenvalue weighted by atomic mass is 9.77. The number of anilines is 1. The summed E-state index contributed by atoms with van der Waals surface area (Å²) in [5.41, 5.74) is 6.06. The summed E-state index contributed by atoms with van der Waals surface area (Å²) in [4.78, 5) is 6.82. The molecular formula is C26H26N2O3. The van der Waals surface area contributed by atoms with Crippen molar-refractivity contribution in [1.29, 1.82) is 0 Å². The molecule has 0 aliphatic carbocycles. The molecule has 5 heteroatoms. The molecule has 1 aromatic heterocycles. The topological polar surface area (TPSA) is 43.8 Å². The first-order valence-electron chi connectivity index (χ1n) is 11.0. The van der Waals surface area contributed by atoms with Gasteiger partial charge in [0.1, 0.15) is 18.1 Å². The van der Waals surface area contributed by atoms with Crippen molar-refractivity contribution >= 4 is 5.69 Å². The lowest BCUT2D eigenvalue weighted by Gasteiger charge is -2.27. The van der Waals surface area contributed by atoms with Gasteiger partial charge < -0.3 is 19.1 Å². The molecule has 1 unspecified atom stereocenters. The van der Waals surface area contributed by atoms with E-state index < -0.39 is 0 Å². The van der Waals surface area contributed by atoms with Crippen LogP contribution in [0.2, 0.25) is 0 Å². The smallest absolute Gasteiger partial charge is 0.127 e. The predicted molar refractivity (Wildman–Crippen MR) is 119 cm³/mol. The quantitative estimate of drug-likeness (QED) is 0.628. The first-order chi connectivity index (χ1) is 15.2. The second kappa shape index (κ2) is 7.27. The van der Waals surface area contributed by atoms with Crippen molar-refractivity contribution in [3.05, 3.63) is 83.2 Å². The van der Waals surface area contributed by atoms with Gasteiger partial charge in [0, 0.05) is 43.0 Å². The molecule has 158 valence electrons. The van der Waals surface area contributed by atoms with E-state index in [4.69, 9.17) is 14.2 Å². The number of fused-ring (bicyclic) bond motifs is 5. The number of rotatable bonds is 5. The number of nitrogens with zero attached hydrogens (tertiary/aromatic N) is 2. The summed E-state index contributed by atoms with van der Waals surface area (Å²) in [6, 6.07) is 19.1. The molecule has 0 radical (unpaired) electrons. The highest BCUT2D eigenvalue weighted by Gasteiger charge is 2.50. The Morgan fingerprint density at radius 2 is 1.97 bits per heavy atom. The third-order valence-corrected chi connectivity index (χ3v) is 6.72. The first kappa shape index (κ1) is 18.7. The van der Waals surface area contributed by atoms with Crippen LogP contribution in [-0.4, -0.2) is 37.4 Å². The molecule has 0 saturated heterocycles. The normalized spacial score (nSPS) is 21.4. The van der Waals surface area contributed by atoms with Crippen LogP contribution in [0.5, 0.6) is 11.5 Å². The third kappa shape index (κ3) is 3.07. The van der Waals surface area contributed by atoms with Crippen molar-refractivity contribution in [3.8, 4) is 11.5 Å². The highest BCUT2D eigenvalue weighted by atomic mass is 16.5. The number of para-hydroxylation sites is 1. The van der Waals surface area contributed by atoms with Gasteiger partial charge in [-0.05, 0) is 42.3 Å². The SMILES string of the molecule is C[C@@H](CN1CC2(COc3cc4c(cc32)CCO4)c2ccccc21)OCc1ccccn1. The first-order valence-corrected chi connectivity index (χ1v) is 11.0. The Balaban J connectivity index is 1.27. The summed E-state index contributed by atoms with van der Waals surface area (Å²) in [6.07, 6.45) is 2.87. The van der Waals surface area contributed by atoms with Gasteiger partial charge >= 0.3 is 0 Å². The second-order valence-corrected chi connectivity index (χ2v) is 8.77. The maximum absolute atomic E-state index is 6.23. The van der Waals surface area contributed by atoms with Crippen LogP contribution < -0.4 is 14.4 Å². The van der Waals surface area contributed by atoms with Crippen LogP contribution >= 0.6 is 0 Å². The average Bonchev–Trinajstić information content (AvgIpc) is 3.49. The summed E-state index contributed by atoms with van der Waals surface area (Å²) in [5, 5.41) is 0. The van der Waals surface area contributed by atoms with Crippen LogP contribution in [-0.2, 0) is 23.2 Å². The molecule has 3 aliphatic rings. The summed E-state index contributed by atoms with van der Waals surface area (Å²) >= 11 is 0. The monoisotopic (exact) mass is 414 g/mol. The van der Waals surface area contributed by atoms with Crippen molar-refractivity contribution in [1.82, 2.24) is 4.98 Å². The molecule has 3 aromatic rings. The van der Waals surface area contributed by atoms with E-state index in [0.29, 0.717) is 13.2 Å². The van der Waals surface area contributed by atoms with Gasteiger partial charge in [0.2, 0.25) is 0 Å². The zero-order valence-electron chi connectivity index (χ0n) is 17.7. The van der Waals surface area contributed by atoms with Crippen molar-refractivity contribution in [2.45, 2.75) is 31.5 Å². The van der Waals surface area contributed by atoms with Gasteiger partial charge in [-0.1, -0.05) is 24.3 Å². The molecule has 0 N–H and O–H groups in total. The highest BCUT2D eigenvalue weighted by Crippen LogP contribution is 2.53. The molecule has 6 rings (SSSR count).